The van der Waals surface area contributed by atoms with Crippen molar-refractivity contribution in [3.63, 3.8) is 0 Å². The second kappa shape index (κ2) is 9.11. The number of hydrogen-bond donors (Lipinski definition) is 0. The molecule has 2 aromatic heterocycles. The zero-order valence-electron chi connectivity index (χ0n) is 17.1. The first-order valence-electron chi connectivity index (χ1n) is 10.5. The lowest BCUT2D eigenvalue weighted by Gasteiger charge is -2.29. The van der Waals surface area contributed by atoms with Gasteiger partial charge in [-0.15, -0.1) is 11.3 Å². The monoisotopic (exact) mass is 555 g/mol. The number of carbonyl (C=O) groups is 1. The van der Waals surface area contributed by atoms with E-state index in [2.05, 4.69) is 15.9 Å². The quantitative estimate of drug-likeness (QED) is 0.447. The van der Waals surface area contributed by atoms with Crippen LogP contribution < -0.4 is 4.90 Å². The van der Waals surface area contributed by atoms with Crippen molar-refractivity contribution >= 4 is 69.9 Å². The first-order valence-corrected chi connectivity index (χ1v) is 14.4. The second-order valence-electron chi connectivity index (χ2n) is 7.90. The van der Waals surface area contributed by atoms with E-state index in [1.807, 2.05) is 18.2 Å². The van der Waals surface area contributed by atoms with Gasteiger partial charge in [0, 0.05) is 17.6 Å². The van der Waals surface area contributed by atoms with Gasteiger partial charge in [-0.1, -0.05) is 33.3 Å². The average Bonchev–Trinajstić information content (AvgIpc) is 3.56. The fourth-order valence-corrected chi connectivity index (χ4v) is 8.54. The lowest BCUT2D eigenvalue weighted by Crippen LogP contribution is -2.49. The predicted molar refractivity (Wildman–Crippen MR) is 130 cm³/mol. The maximum absolute atomic E-state index is 13.8. The molecule has 0 radical (unpaired) electrons. The summed E-state index contributed by atoms with van der Waals surface area (Å²) in [6.07, 6.45) is 2.93. The van der Waals surface area contributed by atoms with Crippen molar-refractivity contribution in [3.8, 4) is 0 Å². The molecule has 32 heavy (non-hydrogen) atoms. The van der Waals surface area contributed by atoms with Crippen molar-refractivity contribution in [2.45, 2.75) is 42.0 Å². The van der Waals surface area contributed by atoms with Gasteiger partial charge >= 0.3 is 0 Å². The Labute approximate surface area is 203 Å². The number of amides is 1. The Morgan fingerprint density at radius 1 is 1.28 bits per heavy atom. The molecular formula is C21H22BrN3O4S3. The third-order valence-corrected chi connectivity index (χ3v) is 10.6. The predicted octanol–water partition coefficient (Wildman–Crippen LogP) is 4.49. The molecule has 1 amide bonds. The molecule has 2 fully saturated rings. The van der Waals surface area contributed by atoms with Crippen LogP contribution in [0.1, 0.15) is 25.7 Å². The van der Waals surface area contributed by atoms with E-state index in [9.17, 15) is 13.2 Å². The summed E-state index contributed by atoms with van der Waals surface area (Å²) in [6, 6.07) is 8.39. The number of benzene rings is 1. The molecule has 2 saturated heterocycles. The van der Waals surface area contributed by atoms with Crippen molar-refractivity contribution < 1.29 is 17.9 Å². The van der Waals surface area contributed by atoms with Crippen LogP contribution in [-0.2, 0) is 19.6 Å². The molecule has 4 heterocycles. The van der Waals surface area contributed by atoms with Crippen molar-refractivity contribution in [2.75, 3.05) is 24.6 Å². The van der Waals surface area contributed by atoms with Gasteiger partial charge in [0.15, 0.2) is 5.13 Å². The molecule has 0 bridgehead atoms. The summed E-state index contributed by atoms with van der Waals surface area (Å²) >= 11 is 6.10. The molecule has 170 valence electrons. The number of thiazole rings is 1. The number of sulfonamides is 1. The Hall–Kier alpha value is -1.37. The van der Waals surface area contributed by atoms with Gasteiger partial charge in [-0.3, -0.25) is 9.69 Å². The summed E-state index contributed by atoms with van der Waals surface area (Å²) < 4.78 is 35.8. The average molecular weight is 557 g/mol. The highest BCUT2D eigenvalue weighted by Gasteiger charge is 2.43. The molecule has 0 N–H and O–H groups in total. The van der Waals surface area contributed by atoms with Crippen molar-refractivity contribution in [3.05, 3.63) is 40.2 Å². The van der Waals surface area contributed by atoms with Gasteiger partial charge < -0.3 is 4.74 Å². The van der Waals surface area contributed by atoms with E-state index in [-0.39, 0.29) is 16.2 Å². The molecule has 0 spiro atoms. The minimum Gasteiger partial charge on any atom is -0.376 e. The first-order chi connectivity index (χ1) is 15.4. The lowest BCUT2D eigenvalue weighted by atomic mass is 10.2. The molecule has 0 aliphatic carbocycles. The highest BCUT2D eigenvalue weighted by molar-refractivity contribution is 9.10. The maximum Gasteiger partial charge on any atom is 0.253 e. The molecule has 5 rings (SSSR count). The molecule has 7 nitrogen and oxygen atoms in total. The number of halogens is 1. The second-order valence-corrected chi connectivity index (χ2v) is 12.9. The molecule has 2 unspecified atom stereocenters. The van der Waals surface area contributed by atoms with Crippen LogP contribution in [0.15, 0.2) is 44.4 Å². The number of anilines is 1. The van der Waals surface area contributed by atoms with Crippen LogP contribution in [0.2, 0.25) is 0 Å². The summed E-state index contributed by atoms with van der Waals surface area (Å²) in [5.41, 5.74) is 0.813. The fraction of sp³-hybridized carbons (Fsp3) is 0.429. The maximum atomic E-state index is 13.8. The van der Waals surface area contributed by atoms with E-state index in [0.29, 0.717) is 37.7 Å². The Morgan fingerprint density at radius 2 is 2.16 bits per heavy atom. The van der Waals surface area contributed by atoms with Gasteiger partial charge in [0.25, 0.3) is 10.0 Å². The summed E-state index contributed by atoms with van der Waals surface area (Å²) in [4.78, 5) is 20.2. The topological polar surface area (TPSA) is 79.8 Å². The van der Waals surface area contributed by atoms with Crippen LogP contribution >= 0.6 is 38.6 Å². The molecule has 2 atom stereocenters. The zero-order chi connectivity index (χ0) is 22.3. The lowest BCUT2D eigenvalue weighted by molar-refractivity contribution is -0.122. The highest BCUT2D eigenvalue weighted by Crippen LogP contribution is 2.35. The van der Waals surface area contributed by atoms with Gasteiger partial charge in [0.05, 0.1) is 22.9 Å². The molecule has 2 aliphatic heterocycles. The van der Waals surface area contributed by atoms with Crippen LogP contribution in [0.25, 0.3) is 10.2 Å². The molecule has 11 heteroatoms. The first kappa shape index (κ1) is 22.4. The number of rotatable bonds is 6. The SMILES string of the molecule is O=C(C1CCCN1S(=O)(=O)c1cccs1)N(CC1CCCO1)c1nc2ccc(Br)cc2s1. The molecule has 3 aromatic rings. The Balaban J connectivity index is 1.49. The summed E-state index contributed by atoms with van der Waals surface area (Å²) in [5.74, 6) is -0.226. The number of thiophene rings is 1. The third kappa shape index (κ3) is 4.26. The van der Waals surface area contributed by atoms with Crippen molar-refractivity contribution in [1.82, 2.24) is 9.29 Å². The van der Waals surface area contributed by atoms with E-state index < -0.39 is 16.1 Å². The number of ether oxygens (including phenoxy) is 1. The van der Waals surface area contributed by atoms with Gasteiger partial charge in [-0.2, -0.15) is 4.31 Å². The van der Waals surface area contributed by atoms with Crippen molar-refractivity contribution in [1.29, 1.82) is 0 Å². The fourth-order valence-electron chi connectivity index (χ4n) is 4.24. The van der Waals surface area contributed by atoms with Crippen molar-refractivity contribution in [2.24, 2.45) is 0 Å². The molecule has 2 aliphatic rings. The summed E-state index contributed by atoms with van der Waals surface area (Å²) in [7, 11) is -3.71. The van der Waals surface area contributed by atoms with Gasteiger partial charge in [-0.05, 0) is 55.3 Å². The zero-order valence-corrected chi connectivity index (χ0v) is 21.2. The normalized spacial score (nSPS) is 22.0. The van der Waals surface area contributed by atoms with Crippen LogP contribution in [0, 0.1) is 0 Å². The van der Waals surface area contributed by atoms with E-state index in [0.717, 1.165) is 27.5 Å². The summed E-state index contributed by atoms with van der Waals surface area (Å²) in [6.45, 7) is 1.40. The molecular weight excluding hydrogens is 534 g/mol. The number of nitrogens with zero attached hydrogens (tertiary/aromatic N) is 3. The number of hydrogen-bond acceptors (Lipinski definition) is 7. The highest BCUT2D eigenvalue weighted by atomic mass is 79.9. The summed E-state index contributed by atoms with van der Waals surface area (Å²) in [5, 5.41) is 2.32. The van der Waals surface area contributed by atoms with E-state index in [1.165, 1.54) is 27.0 Å². The van der Waals surface area contributed by atoms with E-state index in [1.54, 1.807) is 22.4 Å². The van der Waals surface area contributed by atoms with Crippen LogP contribution in [0.3, 0.4) is 0 Å². The van der Waals surface area contributed by atoms with Crippen LogP contribution in [0.4, 0.5) is 5.13 Å². The van der Waals surface area contributed by atoms with E-state index in [4.69, 9.17) is 9.72 Å². The number of carbonyl (C=O) groups excluding carboxylic acids is 1. The van der Waals surface area contributed by atoms with Gasteiger partial charge in [0.1, 0.15) is 10.3 Å². The number of fused-ring (bicyclic) bond motifs is 1. The molecule has 1 aromatic carbocycles. The van der Waals surface area contributed by atoms with Gasteiger partial charge in [0.2, 0.25) is 5.91 Å². The Kier molecular flexibility index (Phi) is 6.38. The minimum absolute atomic E-state index is 0.0681. The standard InChI is InChI=1S/C21H22BrN3O4S3/c22-14-7-8-16-18(12-14)31-21(23-16)24(13-15-4-2-10-29-15)20(26)17-5-1-9-25(17)32(27,28)19-6-3-11-30-19/h3,6-8,11-12,15,17H,1-2,4-5,9-10,13H2. The Morgan fingerprint density at radius 3 is 2.91 bits per heavy atom. The Bertz CT molecular complexity index is 1220. The van der Waals surface area contributed by atoms with Crippen LogP contribution in [-0.4, -0.2) is 55.5 Å². The smallest absolute Gasteiger partial charge is 0.253 e. The third-order valence-electron chi connectivity index (χ3n) is 5.79. The van der Waals surface area contributed by atoms with Gasteiger partial charge in [-0.25, -0.2) is 13.4 Å². The minimum atomic E-state index is -3.71. The van der Waals surface area contributed by atoms with E-state index >= 15 is 0 Å². The number of aromatic nitrogens is 1. The largest absolute Gasteiger partial charge is 0.376 e. The van der Waals surface area contributed by atoms with Crippen LogP contribution in [0.5, 0.6) is 0 Å². The molecule has 0 saturated carbocycles.